The van der Waals surface area contributed by atoms with Crippen LogP contribution in [0.1, 0.15) is 15.9 Å². The maximum Gasteiger partial charge on any atom is 0.271 e. The lowest BCUT2D eigenvalue weighted by Crippen LogP contribution is -2.17. The van der Waals surface area contributed by atoms with Crippen LogP contribution in [0, 0.1) is 0 Å². The third-order valence-electron chi connectivity index (χ3n) is 2.32. The number of carbonyl (C=O) groups excluding carboxylic acids is 1. The molecule has 0 saturated carbocycles. The summed E-state index contributed by atoms with van der Waals surface area (Å²) < 4.78 is 0.956. The molecule has 0 unspecified atom stereocenters. The lowest BCUT2D eigenvalue weighted by atomic mass is 10.2. The Bertz CT molecular complexity index is 628. The van der Waals surface area contributed by atoms with E-state index >= 15 is 0 Å². The van der Waals surface area contributed by atoms with Crippen molar-refractivity contribution in [3.63, 3.8) is 0 Å². The molecule has 1 N–H and O–H groups in total. The molecular formula is C14H10BrClN2O. The predicted octanol–water partition coefficient (Wildman–Crippen LogP) is 3.87. The lowest BCUT2D eigenvalue weighted by Gasteiger charge is -2.00. The molecule has 2 aromatic rings. The summed E-state index contributed by atoms with van der Waals surface area (Å²) in [6.45, 7) is 0. The molecule has 1 amide bonds. The van der Waals surface area contributed by atoms with Crippen LogP contribution in [-0.2, 0) is 0 Å². The van der Waals surface area contributed by atoms with Crippen molar-refractivity contribution >= 4 is 39.7 Å². The Morgan fingerprint density at radius 2 is 2.00 bits per heavy atom. The molecule has 0 fully saturated rings. The third kappa shape index (κ3) is 4.19. The monoisotopic (exact) mass is 336 g/mol. The van der Waals surface area contributed by atoms with Crippen molar-refractivity contribution in [2.75, 3.05) is 0 Å². The van der Waals surface area contributed by atoms with Gasteiger partial charge in [0.25, 0.3) is 5.91 Å². The second-order valence-electron chi connectivity index (χ2n) is 3.76. The number of nitrogens with zero attached hydrogens (tertiary/aromatic N) is 1. The maximum atomic E-state index is 11.8. The van der Waals surface area contributed by atoms with Gasteiger partial charge in [-0.15, -0.1) is 0 Å². The zero-order valence-electron chi connectivity index (χ0n) is 9.81. The number of amides is 1. The Hall–Kier alpha value is -1.65. The number of rotatable bonds is 3. The van der Waals surface area contributed by atoms with Crippen LogP contribution >= 0.6 is 27.5 Å². The van der Waals surface area contributed by atoms with Gasteiger partial charge in [-0.05, 0) is 35.9 Å². The average molecular weight is 338 g/mol. The highest BCUT2D eigenvalue weighted by atomic mass is 79.9. The second kappa shape index (κ2) is 6.50. The summed E-state index contributed by atoms with van der Waals surface area (Å²) in [4.78, 5) is 11.8. The van der Waals surface area contributed by atoms with Gasteiger partial charge in [0.15, 0.2) is 0 Å². The molecule has 0 heterocycles. The summed E-state index contributed by atoms with van der Waals surface area (Å²) in [7, 11) is 0. The van der Waals surface area contributed by atoms with E-state index in [9.17, 15) is 4.79 Å². The van der Waals surface area contributed by atoms with E-state index in [0.717, 1.165) is 10.0 Å². The molecule has 0 atom stereocenters. The van der Waals surface area contributed by atoms with Gasteiger partial charge < -0.3 is 0 Å². The average Bonchev–Trinajstić information content (AvgIpc) is 2.38. The van der Waals surface area contributed by atoms with E-state index in [1.165, 1.54) is 0 Å². The van der Waals surface area contributed by atoms with E-state index in [0.29, 0.717) is 10.6 Å². The van der Waals surface area contributed by atoms with Crippen molar-refractivity contribution in [1.29, 1.82) is 0 Å². The number of carbonyl (C=O) groups is 1. The summed E-state index contributed by atoms with van der Waals surface area (Å²) in [5, 5.41) is 4.42. The van der Waals surface area contributed by atoms with Gasteiger partial charge in [-0.3, -0.25) is 4.79 Å². The molecule has 0 bridgehead atoms. The summed E-state index contributed by atoms with van der Waals surface area (Å²) in [5.41, 5.74) is 3.81. The van der Waals surface area contributed by atoms with E-state index in [4.69, 9.17) is 11.6 Å². The molecule has 0 aliphatic rings. The fourth-order valence-corrected chi connectivity index (χ4v) is 2.05. The minimum atomic E-state index is -0.297. The van der Waals surface area contributed by atoms with E-state index in [1.54, 1.807) is 30.5 Å². The van der Waals surface area contributed by atoms with Gasteiger partial charge >= 0.3 is 0 Å². The first kappa shape index (κ1) is 13.8. The topological polar surface area (TPSA) is 41.5 Å². The number of nitrogens with one attached hydrogen (secondary N) is 1. The summed E-state index contributed by atoms with van der Waals surface area (Å²) in [6.07, 6.45) is 1.58. The molecule has 2 aromatic carbocycles. The normalized spacial score (nSPS) is 10.6. The highest BCUT2D eigenvalue weighted by Crippen LogP contribution is 2.11. The number of halogens is 2. The second-order valence-corrected chi connectivity index (χ2v) is 5.12. The van der Waals surface area contributed by atoms with Crippen LogP contribution in [0.25, 0.3) is 0 Å². The SMILES string of the molecule is O=C(NN=Cc1cccc(Br)c1)c1cccc(Cl)c1. The van der Waals surface area contributed by atoms with Gasteiger partial charge in [0, 0.05) is 15.1 Å². The Balaban J connectivity index is 2.01. The zero-order chi connectivity index (χ0) is 13.7. The Morgan fingerprint density at radius 1 is 1.21 bits per heavy atom. The van der Waals surface area contributed by atoms with Crippen LogP contribution in [0.2, 0.25) is 5.02 Å². The van der Waals surface area contributed by atoms with E-state index in [1.807, 2.05) is 24.3 Å². The largest absolute Gasteiger partial charge is 0.271 e. The summed E-state index contributed by atoms with van der Waals surface area (Å²) >= 11 is 9.18. The molecule has 19 heavy (non-hydrogen) atoms. The van der Waals surface area contributed by atoms with Crippen LogP contribution in [0.5, 0.6) is 0 Å². The predicted molar refractivity (Wildman–Crippen MR) is 80.7 cm³/mol. The fraction of sp³-hybridized carbons (Fsp3) is 0. The molecule has 5 heteroatoms. The fourth-order valence-electron chi connectivity index (χ4n) is 1.45. The van der Waals surface area contributed by atoms with Crippen LogP contribution < -0.4 is 5.43 Å². The minimum absolute atomic E-state index is 0.297. The van der Waals surface area contributed by atoms with Crippen molar-refractivity contribution < 1.29 is 4.79 Å². The van der Waals surface area contributed by atoms with E-state index < -0.39 is 0 Å². The van der Waals surface area contributed by atoms with Crippen molar-refractivity contribution in [3.05, 3.63) is 69.2 Å². The van der Waals surface area contributed by atoms with Gasteiger partial charge in [0.1, 0.15) is 0 Å². The van der Waals surface area contributed by atoms with Crippen LogP contribution in [0.4, 0.5) is 0 Å². The van der Waals surface area contributed by atoms with Crippen molar-refractivity contribution in [3.8, 4) is 0 Å². The molecule has 0 radical (unpaired) electrons. The zero-order valence-corrected chi connectivity index (χ0v) is 12.1. The minimum Gasteiger partial charge on any atom is -0.267 e. The number of hydrogen-bond donors (Lipinski definition) is 1. The van der Waals surface area contributed by atoms with Gasteiger partial charge in [-0.1, -0.05) is 45.7 Å². The number of hydrazone groups is 1. The first-order chi connectivity index (χ1) is 9.15. The highest BCUT2D eigenvalue weighted by molar-refractivity contribution is 9.10. The van der Waals surface area contributed by atoms with E-state index in [-0.39, 0.29) is 5.91 Å². The Labute approximate surface area is 124 Å². The quantitative estimate of drug-likeness (QED) is 0.670. The first-order valence-electron chi connectivity index (χ1n) is 5.50. The molecule has 3 nitrogen and oxygen atoms in total. The van der Waals surface area contributed by atoms with Gasteiger partial charge in [-0.25, -0.2) is 5.43 Å². The number of benzene rings is 2. The smallest absolute Gasteiger partial charge is 0.267 e. The maximum absolute atomic E-state index is 11.8. The Morgan fingerprint density at radius 3 is 2.74 bits per heavy atom. The molecule has 0 aliphatic carbocycles. The van der Waals surface area contributed by atoms with Gasteiger partial charge in [0.2, 0.25) is 0 Å². The summed E-state index contributed by atoms with van der Waals surface area (Å²) in [5.74, 6) is -0.297. The van der Waals surface area contributed by atoms with Crippen molar-refractivity contribution in [2.24, 2.45) is 5.10 Å². The van der Waals surface area contributed by atoms with Crippen molar-refractivity contribution in [2.45, 2.75) is 0 Å². The van der Waals surface area contributed by atoms with Gasteiger partial charge in [-0.2, -0.15) is 5.10 Å². The van der Waals surface area contributed by atoms with Crippen molar-refractivity contribution in [1.82, 2.24) is 5.43 Å². The molecule has 2 rings (SSSR count). The third-order valence-corrected chi connectivity index (χ3v) is 3.04. The highest BCUT2D eigenvalue weighted by Gasteiger charge is 2.03. The molecule has 0 aliphatic heterocycles. The lowest BCUT2D eigenvalue weighted by molar-refractivity contribution is 0.0955. The standard InChI is InChI=1S/C14H10BrClN2O/c15-12-5-1-3-10(7-12)9-17-18-14(19)11-4-2-6-13(16)8-11/h1-9H,(H,18,19). The van der Waals surface area contributed by atoms with E-state index in [2.05, 4.69) is 26.5 Å². The number of hydrogen-bond acceptors (Lipinski definition) is 2. The molecule has 96 valence electrons. The van der Waals surface area contributed by atoms with Crippen LogP contribution in [0.15, 0.2) is 58.1 Å². The Kier molecular flexibility index (Phi) is 4.71. The molecule has 0 spiro atoms. The molecular weight excluding hydrogens is 328 g/mol. The molecule has 0 aromatic heterocycles. The van der Waals surface area contributed by atoms with Gasteiger partial charge in [0.05, 0.1) is 6.21 Å². The van der Waals surface area contributed by atoms with Crippen LogP contribution in [-0.4, -0.2) is 12.1 Å². The summed E-state index contributed by atoms with van der Waals surface area (Å²) in [6, 6.07) is 14.3. The van der Waals surface area contributed by atoms with Crippen LogP contribution in [0.3, 0.4) is 0 Å². The molecule has 0 saturated heterocycles. The first-order valence-corrected chi connectivity index (χ1v) is 6.67.